The summed E-state index contributed by atoms with van der Waals surface area (Å²) in [5.41, 5.74) is 2.82. The lowest BCUT2D eigenvalue weighted by Gasteiger charge is -2.09. The van der Waals surface area contributed by atoms with Crippen LogP contribution in [0.1, 0.15) is 24.5 Å². The number of benzene rings is 2. The molecule has 0 unspecified atom stereocenters. The minimum atomic E-state index is -3.68. The molecule has 0 aliphatic carbocycles. The molecular formula is C17H20N2O3S. The van der Waals surface area contributed by atoms with Crippen molar-refractivity contribution in [3.63, 3.8) is 0 Å². The Morgan fingerprint density at radius 1 is 1.09 bits per heavy atom. The number of hydrogen-bond acceptors (Lipinski definition) is 3. The second-order valence-electron chi connectivity index (χ2n) is 5.25. The van der Waals surface area contributed by atoms with Gasteiger partial charge in [-0.15, -0.1) is 0 Å². The van der Waals surface area contributed by atoms with Crippen molar-refractivity contribution >= 4 is 21.6 Å². The fourth-order valence-electron chi connectivity index (χ4n) is 2.27. The zero-order chi connectivity index (χ0) is 16.9. The van der Waals surface area contributed by atoms with Gasteiger partial charge in [-0.1, -0.05) is 37.3 Å². The largest absolute Gasteiger partial charge is 0.326 e. The second-order valence-corrected chi connectivity index (χ2v) is 6.81. The molecule has 0 bridgehead atoms. The average molecular weight is 332 g/mol. The van der Waals surface area contributed by atoms with Crippen molar-refractivity contribution in [1.29, 1.82) is 0 Å². The van der Waals surface area contributed by atoms with Crippen LogP contribution < -0.4 is 10.5 Å². The fourth-order valence-corrected chi connectivity index (χ4v) is 2.78. The molecule has 0 aliphatic rings. The van der Waals surface area contributed by atoms with Crippen molar-refractivity contribution in [3.8, 4) is 0 Å². The van der Waals surface area contributed by atoms with Gasteiger partial charge in [0.15, 0.2) is 0 Å². The molecule has 0 saturated carbocycles. The van der Waals surface area contributed by atoms with E-state index in [2.05, 4.69) is 5.32 Å². The molecule has 122 valence electrons. The van der Waals surface area contributed by atoms with Crippen LogP contribution >= 0.6 is 0 Å². The average Bonchev–Trinajstić information content (AvgIpc) is 2.53. The summed E-state index contributed by atoms with van der Waals surface area (Å²) in [7, 11) is -3.68. The minimum Gasteiger partial charge on any atom is -0.326 e. The van der Waals surface area contributed by atoms with Crippen LogP contribution in [0.3, 0.4) is 0 Å². The third-order valence-electron chi connectivity index (χ3n) is 3.56. The quantitative estimate of drug-likeness (QED) is 0.851. The number of nitrogens with one attached hydrogen (secondary N) is 1. The highest BCUT2D eigenvalue weighted by atomic mass is 32.2. The summed E-state index contributed by atoms with van der Waals surface area (Å²) in [4.78, 5) is 12.1. The van der Waals surface area contributed by atoms with Gasteiger partial charge in [0.25, 0.3) is 0 Å². The van der Waals surface area contributed by atoms with E-state index in [4.69, 9.17) is 5.14 Å². The highest BCUT2D eigenvalue weighted by Crippen LogP contribution is 2.16. The normalized spacial score (nSPS) is 11.2. The fraction of sp³-hybridized carbons (Fsp3) is 0.235. The number of primary sulfonamides is 1. The molecular weight excluding hydrogens is 312 g/mol. The first kappa shape index (κ1) is 17.2. The standard InChI is InChI=1S/C17H20N2O3S/c1-2-14-5-3-4-6-16(14)19-17(20)12-9-13-7-10-15(11-8-13)23(18,21)22/h3-8,10-11H,2,9,12H2,1H3,(H,19,20)(H2,18,21,22). The van der Waals surface area contributed by atoms with E-state index < -0.39 is 10.0 Å². The third kappa shape index (κ3) is 4.91. The maximum absolute atomic E-state index is 12.1. The SMILES string of the molecule is CCc1ccccc1NC(=O)CCc1ccc(S(N)(=O)=O)cc1. The van der Waals surface area contributed by atoms with Crippen LogP contribution in [0.2, 0.25) is 0 Å². The maximum Gasteiger partial charge on any atom is 0.238 e. The molecule has 23 heavy (non-hydrogen) atoms. The summed E-state index contributed by atoms with van der Waals surface area (Å²) >= 11 is 0. The van der Waals surface area contributed by atoms with Crippen molar-refractivity contribution in [2.75, 3.05) is 5.32 Å². The maximum atomic E-state index is 12.1. The van der Waals surface area contributed by atoms with E-state index in [0.29, 0.717) is 12.8 Å². The number of anilines is 1. The molecule has 0 aliphatic heterocycles. The molecule has 0 atom stereocenters. The summed E-state index contributed by atoms with van der Waals surface area (Å²) in [6.45, 7) is 2.04. The Morgan fingerprint density at radius 2 is 1.74 bits per heavy atom. The van der Waals surface area contributed by atoms with Gasteiger partial charge in [0.2, 0.25) is 15.9 Å². The zero-order valence-electron chi connectivity index (χ0n) is 13.0. The lowest BCUT2D eigenvalue weighted by molar-refractivity contribution is -0.116. The van der Waals surface area contributed by atoms with Crippen molar-refractivity contribution in [1.82, 2.24) is 0 Å². The molecule has 0 spiro atoms. The van der Waals surface area contributed by atoms with Crippen LogP contribution in [0.15, 0.2) is 53.4 Å². The van der Waals surface area contributed by atoms with Crippen LogP contribution in [-0.4, -0.2) is 14.3 Å². The summed E-state index contributed by atoms with van der Waals surface area (Å²) in [5, 5.41) is 7.96. The van der Waals surface area contributed by atoms with Crippen molar-refractivity contribution in [3.05, 3.63) is 59.7 Å². The van der Waals surface area contributed by atoms with Gasteiger partial charge in [-0.2, -0.15) is 0 Å². The minimum absolute atomic E-state index is 0.0681. The van der Waals surface area contributed by atoms with Gasteiger partial charge in [0, 0.05) is 12.1 Å². The Bertz CT molecular complexity index is 784. The van der Waals surface area contributed by atoms with Crippen molar-refractivity contribution < 1.29 is 13.2 Å². The number of nitrogens with two attached hydrogens (primary N) is 1. The lowest BCUT2D eigenvalue weighted by atomic mass is 10.1. The van der Waals surface area contributed by atoms with E-state index in [0.717, 1.165) is 23.2 Å². The van der Waals surface area contributed by atoms with Gasteiger partial charge in [0.05, 0.1) is 4.90 Å². The Labute approximate surface area is 136 Å². The Kier molecular flexibility index (Phi) is 5.52. The number of sulfonamides is 1. The monoisotopic (exact) mass is 332 g/mol. The Balaban J connectivity index is 1.94. The van der Waals surface area contributed by atoms with E-state index in [1.165, 1.54) is 12.1 Å². The molecule has 2 rings (SSSR count). The summed E-state index contributed by atoms with van der Waals surface area (Å²) < 4.78 is 22.4. The summed E-state index contributed by atoms with van der Waals surface area (Å²) in [6.07, 6.45) is 1.71. The third-order valence-corrected chi connectivity index (χ3v) is 4.49. The second kappa shape index (κ2) is 7.39. The van der Waals surface area contributed by atoms with E-state index in [-0.39, 0.29) is 10.8 Å². The highest BCUT2D eigenvalue weighted by molar-refractivity contribution is 7.89. The molecule has 1 amide bonds. The molecule has 3 N–H and O–H groups in total. The zero-order valence-corrected chi connectivity index (χ0v) is 13.8. The van der Waals surface area contributed by atoms with Crippen molar-refractivity contribution in [2.24, 2.45) is 5.14 Å². The predicted octanol–water partition coefficient (Wildman–Crippen LogP) is 2.47. The molecule has 2 aromatic rings. The van der Waals surface area contributed by atoms with Crippen LogP contribution in [0.5, 0.6) is 0 Å². The first-order valence-electron chi connectivity index (χ1n) is 7.39. The summed E-state index contributed by atoms with van der Waals surface area (Å²) in [5.74, 6) is -0.0681. The van der Waals surface area contributed by atoms with Crippen LogP contribution in [-0.2, 0) is 27.7 Å². The van der Waals surface area contributed by atoms with Gasteiger partial charge in [-0.3, -0.25) is 4.79 Å². The molecule has 5 nitrogen and oxygen atoms in total. The van der Waals surface area contributed by atoms with E-state index in [9.17, 15) is 13.2 Å². The number of aryl methyl sites for hydroxylation is 2. The van der Waals surface area contributed by atoms with Gasteiger partial charge in [0.1, 0.15) is 0 Å². The van der Waals surface area contributed by atoms with Gasteiger partial charge in [-0.05, 0) is 42.2 Å². The molecule has 0 heterocycles. The van der Waals surface area contributed by atoms with Gasteiger partial charge < -0.3 is 5.32 Å². The van der Waals surface area contributed by atoms with E-state index in [1.807, 2.05) is 31.2 Å². The van der Waals surface area contributed by atoms with Gasteiger partial charge >= 0.3 is 0 Å². The number of amides is 1. The first-order chi connectivity index (χ1) is 10.9. The molecule has 6 heteroatoms. The number of para-hydroxylation sites is 1. The van der Waals surface area contributed by atoms with Crippen LogP contribution in [0, 0.1) is 0 Å². The highest BCUT2D eigenvalue weighted by Gasteiger charge is 2.08. The van der Waals surface area contributed by atoms with E-state index in [1.54, 1.807) is 12.1 Å². The van der Waals surface area contributed by atoms with Crippen molar-refractivity contribution in [2.45, 2.75) is 31.1 Å². The number of hydrogen-bond donors (Lipinski definition) is 2. The Hall–Kier alpha value is -2.18. The first-order valence-corrected chi connectivity index (χ1v) is 8.94. The van der Waals surface area contributed by atoms with Crippen LogP contribution in [0.4, 0.5) is 5.69 Å². The van der Waals surface area contributed by atoms with Crippen LogP contribution in [0.25, 0.3) is 0 Å². The molecule has 0 saturated heterocycles. The summed E-state index contributed by atoms with van der Waals surface area (Å²) in [6, 6.07) is 14.0. The predicted molar refractivity (Wildman–Crippen MR) is 90.6 cm³/mol. The molecule has 0 aromatic heterocycles. The van der Waals surface area contributed by atoms with E-state index >= 15 is 0 Å². The smallest absolute Gasteiger partial charge is 0.238 e. The number of carbonyl (C=O) groups is 1. The number of carbonyl (C=O) groups excluding carboxylic acids is 1. The molecule has 2 aromatic carbocycles. The molecule has 0 fully saturated rings. The molecule has 0 radical (unpaired) electrons. The van der Waals surface area contributed by atoms with Gasteiger partial charge in [-0.25, -0.2) is 13.6 Å². The topological polar surface area (TPSA) is 89.3 Å². The number of rotatable bonds is 6. The Morgan fingerprint density at radius 3 is 2.35 bits per heavy atom. The lowest BCUT2D eigenvalue weighted by Crippen LogP contribution is -2.14.